The second-order valence-electron chi connectivity index (χ2n) is 5.12. The van der Waals surface area contributed by atoms with E-state index >= 15 is 0 Å². The highest BCUT2D eigenvalue weighted by molar-refractivity contribution is 6.18. The fourth-order valence-electron chi connectivity index (χ4n) is 2.15. The van der Waals surface area contributed by atoms with Gasteiger partial charge in [0.25, 0.3) is 0 Å². The van der Waals surface area contributed by atoms with Crippen molar-refractivity contribution in [1.82, 2.24) is 0 Å². The number of hydrogen-bond donors (Lipinski definition) is 0. The molecule has 0 heterocycles. The molecule has 2 rings (SSSR count). The standard InChI is InChI=1S/C24H11Cl2FO/c1-2-3-4-5-6-7-8-9-14-28-22-12-10-19(11-13-22)23-15-21(18-26)24(27)16-20(23)17-25/h1,10-13,15-16H,17-18H2. The lowest BCUT2D eigenvalue weighted by Crippen LogP contribution is -1.94. The van der Waals surface area contributed by atoms with Crippen molar-refractivity contribution in [2.75, 3.05) is 0 Å². The lowest BCUT2D eigenvalue weighted by molar-refractivity contribution is 0.520. The second-order valence-corrected chi connectivity index (χ2v) is 5.65. The van der Waals surface area contributed by atoms with Crippen LogP contribution in [0.25, 0.3) is 11.1 Å². The summed E-state index contributed by atoms with van der Waals surface area (Å²) < 4.78 is 19.2. The van der Waals surface area contributed by atoms with Gasteiger partial charge in [-0.25, -0.2) is 4.39 Å². The zero-order chi connectivity index (χ0) is 20.2. The molecule has 0 N–H and O–H groups in total. The lowest BCUT2D eigenvalue weighted by atomic mass is 9.98. The molecule has 0 aliphatic heterocycles. The molecule has 134 valence electrons. The first-order valence-corrected chi connectivity index (χ1v) is 8.92. The quantitative estimate of drug-likeness (QED) is 0.517. The van der Waals surface area contributed by atoms with Crippen LogP contribution in [0.2, 0.25) is 0 Å². The van der Waals surface area contributed by atoms with Gasteiger partial charge in [-0.2, -0.15) is 0 Å². The predicted molar refractivity (Wildman–Crippen MR) is 112 cm³/mol. The maximum atomic E-state index is 13.9. The molecule has 0 aromatic heterocycles. The predicted octanol–water partition coefficient (Wildman–Crippen LogP) is 4.95. The normalized spacial score (nSPS) is 8.36. The molecule has 0 spiro atoms. The minimum atomic E-state index is -0.362. The van der Waals surface area contributed by atoms with E-state index < -0.39 is 0 Å². The first-order chi connectivity index (χ1) is 13.7. The Morgan fingerprint density at radius 3 is 2.04 bits per heavy atom. The minimum Gasteiger partial charge on any atom is -0.407 e. The average Bonchev–Trinajstić information content (AvgIpc) is 2.73. The van der Waals surface area contributed by atoms with Crippen LogP contribution in [-0.4, -0.2) is 0 Å². The van der Waals surface area contributed by atoms with Crippen LogP contribution in [0.4, 0.5) is 4.39 Å². The Morgan fingerprint density at radius 1 is 0.821 bits per heavy atom. The highest BCUT2D eigenvalue weighted by atomic mass is 35.5. The molecule has 0 aliphatic carbocycles. The smallest absolute Gasteiger partial charge is 0.140 e. The van der Waals surface area contributed by atoms with E-state index in [9.17, 15) is 4.39 Å². The van der Waals surface area contributed by atoms with Gasteiger partial charge in [0.1, 0.15) is 17.7 Å². The van der Waals surface area contributed by atoms with E-state index in [2.05, 4.69) is 53.5 Å². The Balaban J connectivity index is 2.11. The Hall–Kier alpha value is -3.45. The molecular formula is C24H11Cl2FO. The Kier molecular flexibility index (Phi) is 8.42. The zero-order valence-electron chi connectivity index (χ0n) is 14.5. The molecule has 0 aliphatic rings. The van der Waals surface area contributed by atoms with Gasteiger partial charge in [0.05, 0.1) is 5.88 Å². The monoisotopic (exact) mass is 404 g/mol. The largest absolute Gasteiger partial charge is 0.407 e. The van der Waals surface area contributed by atoms with E-state index in [1.54, 1.807) is 18.2 Å². The van der Waals surface area contributed by atoms with Gasteiger partial charge >= 0.3 is 0 Å². The third-order valence-electron chi connectivity index (χ3n) is 3.39. The van der Waals surface area contributed by atoms with Crippen molar-refractivity contribution < 1.29 is 9.13 Å². The summed E-state index contributed by atoms with van der Waals surface area (Å²) in [6.07, 6.45) is 7.41. The molecule has 0 saturated carbocycles. The maximum Gasteiger partial charge on any atom is 0.140 e. The molecule has 0 unspecified atom stereocenters. The summed E-state index contributed by atoms with van der Waals surface area (Å²) in [4.78, 5) is 0. The summed E-state index contributed by atoms with van der Waals surface area (Å²) in [5.74, 6) is 19.8. The van der Waals surface area contributed by atoms with Gasteiger partial charge in [-0.15, -0.1) is 29.6 Å². The van der Waals surface area contributed by atoms with Crippen molar-refractivity contribution >= 4 is 23.2 Å². The van der Waals surface area contributed by atoms with Crippen molar-refractivity contribution in [3.63, 3.8) is 0 Å². The summed E-state index contributed by atoms with van der Waals surface area (Å²) in [6.45, 7) is 0. The van der Waals surface area contributed by atoms with Crippen LogP contribution in [0, 0.1) is 65.7 Å². The molecule has 0 fully saturated rings. The van der Waals surface area contributed by atoms with E-state index in [0.29, 0.717) is 16.9 Å². The molecule has 2 aromatic rings. The zero-order valence-corrected chi connectivity index (χ0v) is 16.0. The van der Waals surface area contributed by atoms with Crippen molar-refractivity contribution in [3.8, 4) is 76.8 Å². The van der Waals surface area contributed by atoms with E-state index in [0.717, 1.165) is 11.1 Å². The second kappa shape index (κ2) is 11.3. The molecule has 0 saturated heterocycles. The first kappa shape index (κ1) is 20.9. The maximum absolute atomic E-state index is 13.9. The van der Waals surface area contributed by atoms with Crippen molar-refractivity contribution in [2.24, 2.45) is 0 Å². The molecule has 0 amide bonds. The molecule has 2 aromatic carbocycles. The first-order valence-electron chi connectivity index (χ1n) is 7.85. The number of halogens is 3. The van der Waals surface area contributed by atoms with E-state index in [1.807, 2.05) is 12.1 Å². The van der Waals surface area contributed by atoms with Gasteiger partial charge in [0.15, 0.2) is 0 Å². The number of rotatable bonds is 4. The number of alkyl halides is 2. The number of benzene rings is 2. The van der Waals surface area contributed by atoms with Gasteiger partial charge in [-0.3, -0.25) is 0 Å². The van der Waals surface area contributed by atoms with Gasteiger partial charge in [0.2, 0.25) is 0 Å². The summed E-state index contributed by atoms with van der Waals surface area (Å²) in [5, 5.41) is 0. The van der Waals surface area contributed by atoms with Gasteiger partial charge < -0.3 is 4.74 Å². The van der Waals surface area contributed by atoms with E-state index in [4.69, 9.17) is 34.4 Å². The van der Waals surface area contributed by atoms with Crippen molar-refractivity contribution in [2.45, 2.75) is 11.8 Å². The number of ether oxygens (including phenoxy) is 1. The molecule has 0 radical (unpaired) electrons. The van der Waals surface area contributed by atoms with Crippen molar-refractivity contribution in [1.29, 1.82) is 0 Å². The fraction of sp³-hybridized carbons (Fsp3) is 0.0833. The van der Waals surface area contributed by atoms with Crippen LogP contribution in [0.1, 0.15) is 11.1 Å². The summed E-state index contributed by atoms with van der Waals surface area (Å²) in [7, 11) is 0. The van der Waals surface area contributed by atoms with E-state index in [-0.39, 0.29) is 17.6 Å². The van der Waals surface area contributed by atoms with Crippen LogP contribution in [0.5, 0.6) is 5.75 Å². The van der Waals surface area contributed by atoms with Crippen LogP contribution in [0.15, 0.2) is 36.4 Å². The minimum absolute atomic E-state index is 0.0834. The van der Waals surface area contributed by atoms with Crippen LogP contribution < -0.4 is 4.74 Å². The Labute approximate surface area is 174 Å². The molecule has 4 heteroatoms. The SMILES string of the molecule is C#CC#CC#CC#CC#COc1ccc(-c2cc(CCl)c(F)cc2CCl)cc1. The summed E-state index contributed by atoms with van der Waals surface area (Å²) >= 11 is 11.7. The molecule has 0 atom stereocenters. The highest BCUT2D eigenvalue weighted by Gasteiger charge is 2.11. The summed E-state index contributed by atoms with van der Waals surface area (Å²) in [5.41, 5.74) is 2.79. The molecule has 0 bridgehead atoms. The number of hydrogen-bond acceptors (Lipinski definition) is 1. The Morgan fingerprint density at radius 2 is 1.43 bits per heavy atom. The topological polar surface area (TPSA) is 9.23 Å². The lowest BCUT2D eigenvalue weighted by Gasteiger charge is -2.11. The third kappa shape index (κ3) is 6.07. The van der Waals surface area contributed by atoms with E-state index in [1.165, 1.54) is 6.07 Å². The fourth-order valence-corrected chi connectivity index (χ4v) is 2.57. The van der Waals surface area contributed by atoms with Gasteiger partial charge in [0, 0.05) is 35.1 Å². The van der Waals surface area contributed by atoms with Crippen molar-refractivity contribution in [3.05, 3.63) is 53.3 Å². The van der Waals surface area contributed by atoms with Gasteiger partial charge in [-0.1, -0.05) is 12.1 Å². The molecular weight excluding hydrogens is 394 g/mol. The highest BCUT2D eigenvalue weighted by Crippen LogP contribution is 2.30. The number of terminal acetylenes is 1. The van der Waals surface area contributed by atoms with Crippen LogP contribution in [-0.2, 0) is 11.8 Å². The summed E-state index contributed by atoms with van der Waals surface area (Å²) in [6, 6.07) is 10.3. The molecule has 28 heavy (non-hydrogen) atoms. The Bertz CT molecular complexity index is 1140. The van der Waals surface area contributed by atoms with Crippen LogP contribution >= 0.6 is 23.2 Å². The van der Waals surface area contributed by atoms with Crippen LogP contribution in [0.3, 0.4) is 0 Å². The average molecular weight is 405 g/mol. The van der Waals surface area contributed by atoms with Gasteiger partial charge in [-0.05, 0) is 64.6 Å². The molecule has 1 nitrogen and oxygen atoms in total. The third-order valence-corrected chi connectivity index (χ3v) is 3.97.